The molecule has 0 heterocycles. The molecule has 0 aliphatic rings. The van der Waals surface area contributed by atoms with Crippen LogP contribution in [0, 0.1) is 0 Å². The molecule has 6 nitrogen and oxygen atoms in total. The minimum absolute atomic E-state index is 0.124. The minimum Gasteiger partial charge on any atom is -0.463 e. The van der Waals surface area contributed by atoms with Crippen molar-refractivity contribution in [1.29, 1.82) is 0 Å². The maximum Gasteiger partial charge on any atom is 0.452 e. The lowest BCUT2D eigenvalue weighted by Gasteiger charge is -2.00. The van der Waals surface area contributed by atoms with Crippen molar-refractivity contribution in [2.45, 2.75) is 20.5 Å². The van der Waals surface area contributed by atoms with E-state index in [1.807, 2.05) is 30.3 Å². The molecule has 6 heteroatoms. The molecule has 1 rings (SSSR count). The number of esters is 1. The first-order valence-electron chi connectivity index (χ1n) is 6.09. The molecule has 0 spiro atoms. The number of rotatable bonds is 5. The zero-order valence-electron chi connectivity index (χ0n) is 11.4. The molecule has 0 saturated carbocycles. The highest BCUT2D eigenvalue weighted by atomic mass is 16.5. The van der Waals surface area contributed by atoms with E-state index in [2.05, 4.69) is 10.2 Å². The Hall–Kier alpha value is -2.50. The Morgan fingerprint density at radius 1 is 1.15 bits per heavy atom. The van der Waals surface area contributed by atoms with Crippen LogP contribution in [0.1, 0.15) is 19.4 Å². The van der Waals surface area contributed by atoms with Crippen molar-refractivity contribution in [3.63, 3.8) is 0 Å². The van der Waals surface area contributed by atoms with Crippen molar-refractivity contribution in [2.75, 3.05) is 6.61 Å². The van der Waals surface area contributed by atoms with Gasteiger partial charge in [0.15, 0.2) is 0 Å². The molecule has 0 saturated heterocycles. The van der Waals surface area contributed by atoms with Gasteiger partial charge < -0.3 is 9.47 Å². The summed E-state index contributed by atoms with van der Waals surface area (Å²) >= 11 is 0. The standard InChI is InChI=1S/C14H16N2O4/c1-3-19-13(17)9-11(2)15-16-14(18)20-10-12-7-5-4-6-8-12/h4-9H,3,10H2,1-2H3/b11-9+,16-15?. The highest BCUT2D eigenvalue weighted by Gasteiger charge is 2.01. The van der Waals surface area contributed by atoms with Crippen molar-refractivity contribution >= 4 is 12.1 Å². The predicted molar refractivity (Wildman–Crippen MR) is 71.9 cm³/mol. The minimum atomic E-state index is -0.814. The highest BCUT2D eigenvalue weighted by molar-refractivity contribution is 5.82. The number of hydrogen-bond donors (Lipinski definition) is 0. The topological polar surface area (TPSA) is 77.3 Å². The Bertz CT molecular complexity index is 509. The molecule has 1 aromatic carbocycles. The van der Waals surface area contributed by atoms with Crippen LogP contribution >= 0.6 is 0 Å². The molecule has 20 heavy (non-hydrogen) atoms. The monoisotopic (exact) mass is 276 g/mol. The average Bonchev–Trinajstić information content (AvgIpc) is 2.44. The number of azo groups is 1. The normalized spacial score (nSPS) is 11.4. The first kappa shape index (κ1) is 15.6. The van der Waals surface area contributed by atoms with Crippen LogP contribution < -0.4 is 0 Å². The molecule has 1 aromatic rings. The Labute approximate surface area is 117 Å². The van der Waals surface area contributed by atoms with Crippen molar-refractivity contribution in [3.8, 4) is 0 Å². The Balaban J connectivity index is 2.41. The largest absolute Gasteiger partial charge is 0.463 e. The summed E-state index contributed by atoms with van der Waals surface area (Å²) in [5, 5.41) is 6.91. The summed E-state index contributed by atoms with van der Waals surface area (Å²) in [7, 11) is 0. The second kappa shape index (κ2) is 8.58. The van der Waals surface area contributed by atoms with Gasteiger partial charge >= 0.3 is 12.1 Å². The van der Waals surface area contributed by atoms with E-state index < -0.39 is 12.1 Å². The molecule has 0 aliphatic carbocycles. The Kier molecular flexibility index (Phi) is 6.67. The van der Waals surface area contributed by atoms with Gasteiger partial charge in [-0.25, -0.2) is 9.59 Å². The molecule has 1 amide bonds. The lowest BCUT2D eigenvalue weighted by atomic mass is 10.2. The highest BCUT2D eigenvalue weighted by Crippen LogP contribution is 2.03. The van der Waals surface area contributed by atoms with Gasteiger partial charge in [-0.05, 0) is 19.4 Å². The summed E-state index contributed by atoms with van der Waals surface area (Å²) < 4.78 is 9.58. The summed E-state index contributed by atoms with van der Waals surface area (Å²) in [5.41, 5.74) is 1.12. The smallest absolute Gasteiger partial charge is 0.452 e. The first-order valence-corrected chi connectivity index (χ1v) is 6.09. The second-order valence-corrected chi connectivity index (χ2v) is 3.78. The molecule has 106 valence electrons. The summed E-state index contributed by atoms with van der Waals surface area (Å²) in [6.07, 6.45) is 0.336. The fraction of sp³-hybridized carbons (Fsp3) is 0.286. The number of allylic oxidation sites excluding steroid dienone is 1. The molecular formula is C14H16N2O4. The quantitative estimate of drug-likeness (QED) is 0.470. The molecule has 0 aliphatic heterocycles. The van der Waals surface area contributed by atoms with Crippen LogP contribution in [-0.4, -0.2) is 18.7 Å². The van der Waals surface area contributed by atoms with Gasteiger partial charge in [0.1, 0.15) is 6.61 Å². The van der Waals surface area contributed by atoms with Gasteiger partial charge in [0.2, 0.25) is 0 Å². The van der Waals surface area contributed by atoms with Gasteiger partial charge in [-0.15, -0.1) is 5.11 Å². The number of benzene rings is 1. The van der Waals surface area contributed by atoms with E-state index in [1.165, 1.54) is 6.92 Å². The van der Waals surface area contributed by atoms with Crippen molar-refractivity contribution < 1.29 is 19.1 Å². The molecular weight excluding hydrogens is 260 g/mol. The molecule has 0 bridgehead atoms. The van der Waals surface area contributed by atoms with Crippen LogP contribution in [0.15, 0.2) is 52.3 Å². The maximum absolute atomic E-state index is 11.3. The van der Waals surface area contributed by atoms with E-state index in [1.54, 1.807) is 6.92 Å². The third kappa shape index (κ3) is 6.44. The third-order valence-corrected chi connectivity index (χ3v) is 2.11. The molecule has 0 unspecified atom stereocenters. The van der Waals surface area contributed by atoms with Crippen LogP contribution in [0.4, 0.5) is 4.79 Å². The maximum atomic E-state index is 11.3. The molecule has 0 atom stereocenters. The van der Waals surface area contributed by atoms with Crippen molar-refractivity contribution in [2.24, 2.45) is 10.2 Å². The van der Waals surface area contributed by atoms with Gasteiger partial charge in [0.05, 0.1) is 12.3 Å². The van der Waals surface area contributed by atoms with Crippen LogP contribution in [0.3, 0.4) is 0 Å². The van der Waals surface area contributed by atoms with Gasteiger partial charge in [0.25, 0.3) is 0 Å². The SMILES string of the molecule is CCOC(=O)/C=C(\C)N=NC(=O)OCc1ccccc1. The van der Waals surface area contributed by atoms with Gasteiger partial charge in [-0.1, -0.05) is 35.4 Å². The van der Waals surface area contributed by atoms with Crippen molar-refractivity contribution in [1.82, 2.24) is 0 Å². The molecule has 0 aromatic heterocycles. The van der Waals surface area contributed by atoms with Gasteiger partial charge in [-0.2, -0.15) is 0 Å². The lowest BCUT2D eigenvalue weighted by molar-refractivity contribution is -0.137. The third-order valence-electron chi connectivity index (χ3n) is 2.11. The molecule has 0 fully saturated rings. The molecule has 0 radical (unpaired) electrons. The van der Waals surface area contributed by atoms with Crippen LogP contribution in [0.2, 0.25) is 0 Å². The zero-order valence-corrected chi connectivity index (χ0v) is 11.4. The number of nitrogens with zero attached hydrogens (tertiary/aromatic N) is 2. The zero-order chi connectivity index (χ0) is 14.8. The number of ether oxygens (including phenoxy) is 2. The van der Waals surface area contributed by atoms with E-state index in [0.29, 0.717) is 0 Å². The number of amides is 1. The Morgan fingerprint density at radius 3 is 2.50 bits per heavy atom. The number of carbonyl (C=O) groups is 2. The molecule has 0 N–H and O–H groups in total. The predicted octanol–water partition coefficient (Wildman–Crippen LogP) is 3.24. The lowest BCUT2D eigenvalue weighted by Crippen LogP contribution is -2.00. The fourth-order valence-electron chi connectivity index (χ4n) is 1.25. The summed E-state index contributed by atoms with van der Waals surface area (Å²) in [4.78, 5) is 22.4. The second-order valence-electron chi connectivity index (χ2n) is 3.78. The number of carbonyl (C=O) groups excluding carboxylic acids is 2. The summed E-state index contributed by atoms with van der Waals surface area (Å²) in [6.45, 7) is 3.63. The summed E-state index contributed by atoms with van der Waals surface area (Å²) in [6, 6.07) is 9.22. The van der Waals surface area contributed by atoms with Crippen LogP contribution in [-0.2, 0) is 20.9 Å². The van der Waals surface area contributed by atoms with E-state index in [9.17, 15) is 9.59 Å². The van der Waals surface area contributed by atoms with Crippen LogP contribution in [0.25, 0.3) is 0 Å². The Morgan fingerprint density at radius 2 is 1.85 bits per heavy atom. The van der Waals surface area contributed by atoms with Crippen LogP contribution in [0.5, 0.6) is 0 Å². The van der Waals surface area contributed by atoms with E-state index in [0.717, 1.165) is 11.6 Å². The first-order chi connectivity index (χ1) is 9.61. The van der Waals surface area contributed by atoms with Gasteiger partial charge in [0, 0.05) is 6.08 Å². The van der Waals surface area contributed by atoms with Crippen molar-refractivity contribution in [3.05, 3.63) is 47.7 Å². The fourth-order valence-corrected chi connectivity index (χ4v) is 1.25. The van der Waals surface area contributed by atoms with E-state index >= 15 is 0 Å². The van der Waals surface area contributed by atoms with E-state index in [-0.39, 0.29) is 18.9 Å². The summed E-state index contributed by atoms with van der Waals surface area (Å²) in [5.74, 6) is -0.526. The number of hydrogen-bond acceptors (Lipinski definition) is 5. The van der Waals surface area contributed by atoms with Gasteiger partial charge in [-0.3, -0.25) is 0 Å². The average molecular weight is 276 g/mol. The van der Waals surface area contributed by atoms with E-state index in [4.69, 9.17) is 9.47 Å².